The molecule has 1 aromatic heterocycles. The van der Waals surface area contributed by atoms with Gasteiger partial charge in [0.15, 0.2) is 5.69 Å². The van der Waals surface area contributed by atoms with Crippen molar-refractivity contribution in [1.29, 1.82) is 0 Å². The van der Waals surface area contributed by atoms with E-state index in [2.05, 4.69) is 15.4 Å². The first-order valence-electron chi connectivity index (χ1n) is 6.04. The van der Waals surface area contributed by atoms with Crippen molar-refractivity contribution in [3.8, 4) is 5.69 Å². The Morgan fingerprint density at radius 3 is 2.75 bits per heavy atom. The van der Waals surface area contributed by atoms with E-state index in [1.165, 1.54) is 11.8 Å². The summed E-state index contributed by atoms with van der Waals surface area (Å²) in [5.41, 5.74) is 3.76. The minimum atomic E-state index is -0.664. The van der Waals surface area contributed by atoms with Crippen LogP contribution in [0.4, 0.5) is 0 Å². The topological polar surface area (TPSA) is 73.2 Å². The Labute approximate surface area is 116 Å². The van der Waals surface area contributed by atoms with Crippen LogP contribution in [0.3, 0.4) is 0 Å². The number of hydrogen-bond donors (Lipinski definition) is 1. The summed E-state index contributed by atoms with van der Waals surface area (Å²) in [5.74, 6) is -0.664. The number of aryl methyl sites for hydroxylation is 2. The Balaban J connectivity index is 2.56. The van der Waals surface area contributed by atoms with E-state index in [0.29, 0.717) is 5.56 Å². The number of carbonyl (C=O) groups is 1. The van der Waals surface area contributed by atoms with Crippen LogP contribution in [0.1, 0.15) is 21.6 Å². The van der Waals surface area contributed by atoms with Crippen LogP contribution in [0.2, 0.25) is 0 Å². The molecule has 0 saturated carbocycles. The van der Waals surface area contributed by atoms with Crippen LogP contribution < -0.4 is 10.9 Å². The molecule has 104 valence electrons. The summed E-state index contributed by atoms with van der Waals surface area (Å²) >= 11 is 0. The summed E-state index contributed by atoms with van der Waals surface area (Å²) < 4.78 is 1.51. The molecule has 0 fully saturated rings. The third kappa shape index (κ3) is 2.75. The van der Waals surface area contributed by atoms with Crippen molar-refractivity contribution in [1.82, 2.24) is 15.3 Å². The Bertz CT molecular complexity index is 707. The van der Waals surface area contributed by atoms with E-state index in [1.807, 2.05) is 31.2 Å². The van der Waals surface area contributed by atoms with Crippen molar-refractivity contribution in [2.75, 3.05) is 7.11 Å². The number of amides is 1. The van der Waals surface area contributed by atoms with Crippen molar-refractivity contribution in [2.24, 2.45) is 0 Å². The molecule has 20 heavy (non-hydrogen) atoms. The fraction of sp³-hybridized carbons (Fsp3) is 0.214. The summed E-state index contributed by atoms with van der Waals surface area (Å²) in [6.45, 7) is 3.59. The van der Waals surface area contributed by atoms with Gasteiger partial charge in [-0.2, -0.15) is 5.10 Å². The standard InChI is InChI=1S/C14H15N3O3/c1-9-5-4-6-11(7-9)17-8-10(2)13(18)12(15-17)14(19)16-20-3/h4-8H,1-3H3,(H,16,19). The molecule has 0 unspecified atom stereocenters. The number of hydroxylamine groups is 1. The summed E-state index contributed by atoms with van der Waals surface area (Å²) in [6.07, 6.45) is 1.60. The van der Waals surface area contributed by atoms with Gasteiger partial charge in [0.05, 0.1) is 12.8 Å². The monoisotopic (exact) mass is 273 g/mol. The zero-order valence-electron chi connectivity index (χ0n) is 11.5. The Morgan fingerprint density at radius 2 is 2.10 bits per heavy atom. The first-order valence-corrected chi connectivity index (χ1v) is 6.04. The molecule has 0 saturated heterocycles. The number of nitrogens with zero attached hydrogens (tertiary/aromatic N) is 2. The average molecular weight is 273 g/mol. The van der Waals surface area contributed by atoms with Gasteiger partial charge in [-0.3, -0.25) is 14.4 Å². The Hall–Kier alpha value is -2.47. The molecule has 2 aromatic rings. The highest BCUT2D eigenvalue weighted by Crippen LogP contribution is 2.09. The molecular formula is C14H15N3O3. The quantitative estimate of drug-likeness (QED) is 0.851. The largest absolute Gasteiger partial charge is 0.299 e. The molecule has 1 amide bonds. The maximum Gasteiger partial charge on any atom is 0.299 e. The Morgan fingerprint density at radius 1 is 1.35 bits per heavy atom. The molecule has 1 aromatic carbocycles. The molecule has 0 atom stereocenters. The van der Waals surface area contributed by atoms with Crippen LogP contribution in [-0.4, -0.2) is 22.8 Å². The van der Waals surface area contributed by atoms with Gasteiger partial charge in [0.1, 0.15) is 0 Å². The van der Waals surface area contributed by atoms with Gasteiger partial charge in [-0.25, -0.2) is 10.2 Å². The first-order chi connectivity index (χ1) is 9.52. The molecule has 6 heteroatoms. The molecule has 1 N–H and O–H groups in total. The van der Waals surface area contributed by atoms with E-state index in [0.717, 1.165) is 11.3 Å². The van der Waals surface area contributed by atoms with E-state index >= 15 is 0 Å². The van der Waals surface area contributed by atoms with E-state index in [4.69, 9.17) is 0 Å². The van der Waals surface area contributed by atoms with Gasteiger partial charge in [0.2, 0.25) is 5.43 Å². The summed E-state index contributed by atoms with van der Waals surface area (Å²) in [4.78, 5) is 28.2. The van der Waals surface area contributed by atoms with Gasteiger partial charge in [-0.05, 0) is 31.5 Å². The predicted octanol–water partition coefficient (Wildman–Crippen LogP) is 1.14. The Kier molecular flexibility index (Phi) is 3.95. The molecule has 0 aliphatic heterocycles. The van der Waals surface area contributed by atoms with E-state index in [-0.39, 0.29) is 5.69 Å². The van der Waals surface area contributed by atoms with Crippen molar-refractivity contribution >= 4 is 5.91 Å². The third-order valence-corrected chi connectivity index (χ3v) is 2.77. The molecular weight excluding hydrogens is 258 g/mol. The number of benzene rings is 1. The van der Waals surface area contributed by atoms with E-state index in [1.54, 1.807) is 13.1 Å². The van der Waals surface area contributed by atoms with Crippen LogP contribution in [-0.2, 0) is 4.84 Å². The van der Waals surface area contributed by atoms with Gasteiger partial charge >= 0.3 is 0 Å². The van der Waals surface area contributed by atoms with Gasteiger partial charge in [-0.15, -0.1) is 0 Å². The van der Waals surface area contributed by atoms with Gasteiger partial charge in [0, 0.05) is 11.8 Å². The fourth-order valence-corrected chi connectivity index (χ4v) is 1.80. The normalized spacial score (nSPS) is 10.3. The highest BCUT2D eigenvalue weighted by atomic mass is 16.6. The number of nitrogens with one attached hydrogen (secondary N) is 1. The van der Waals surface area contributed by atoms with Crippen molar-refractivity contribution in [3.63, 3.8) is 0 Å². The minimum absolute atomic E-state index is 0.201. The number of rotatable bonds is 3. The zero-order chi connectivity index (χ0) is 14.7. The van der Waals surface area contributed by atoms with Gasteiger partial charge in [0.25, 0.3) is 5.91 Å². The molecule has 0 aliphatic rings. The lowest BCUT2D eigenvalue weighted by molar-refractivity contribution is 0.0529. The molecule has 0 spiro atoms. The molecule has 2 rings (SSSR count). The molecule has 0 bridgehead atoms. The van der Waals surface area contributed by atoms with E-state index < -0.39 is 11.3 Å². The lowest BCUT2D eigenvalue weighted by Crippen LogP contribution is -2.31. The van der Waals surface area contributed by atoms with Crippen LogP contribution in [0.5, 0.6) is 0 Å². The SMILES string of the molecule is CONC(=O)c1nn(-c2cccc(C)c2)cc(C)c1=O. The van der Waals surface area contributed by atoms with Crippen LogP contribution in [0, 0.1) is 13.8 Å². The average Bonchev–Trinajstić information content (AvgIpc) is 2.42. The van der Waals surface area contributed by atoms with Crippen LogP contribution in [0.25, 0.3) is 5.69 Å². The number of aromatic nitrogens is 2. The second kappa shape index (κ2) is 5.66. The smallest absolute Gasteiger partial charge is 0.287 e. The van der Waals surface area contributed by atoms with Gasteiger partial charge < -0.3 is 0 Å². The summed E-state index contributed by atoms with van der Waals surface area (Å²) in [6, 6.07) is 7.60. The lowest BCUT2D eigenvalue weighted by Gasteiger charge is -2.09. The molecule has 0 radical (unpaired) electrons. The fourth-order valence-electron chi connectivity index (χ4n) is 1.80. The van der Waals surface area contributed by atoms with Crippen molar-refractivity contribution < 1.29 is 9.63 Å². The highest BCUT2D eigenvalue weighted by Gasteiger charge is 2.15. The lowest BCUT2D eigenvalue weighted by atomic mass is 10.2. The summed E-state index contributed by atoms with van der Waals surface area (Å²) in [5, 5.41) is 4.08. The number of carbonyl (C=O) groups excluding carboxylic acids is 1. The summed E-state index contributed by atoms with van der Waals surface area (Å²) in [7, 11) is 1.30. The maximum absolute atomic E-state index is 11.9. The van der Waals surface area contributed by atoms with Crippen LogP contribution >= 0.6 is 0 Å². The molecule has 0 aliphatic carbocycles. The maximum atomic E-state index is 11.9. The van der Waals surface area contributed by atoms with Crippen LogP contribution in [0.15, 0.2) is 35.3 Å². The number of hydrogen-bond acceptors (Lipinski definition) is 4. The van der Waals surface area contributed by atoms with E-state index in [9.17, 15) is 9.59 Å². The second-order valence-electron chi connectivity index (χ2n) is 4.41. The third-order valence-electron chi connectivity index (χ3n) is 2.77. The second-order valence-corrected chi connectivity index (χ2v) is 4.41. The molecule has 6 nitrogen and oxygen atoms in total. The molecule has 1 heterocycles. The van der Waals surface area contributed by atoms with Gasteiger partial charge in [-0.1, -0.05) is 12.1 Å². The predicted molar refractivity (Wildman–Crippen MR) is 73.8 cm³/mol. The highest BCUT2D eigenvalue weighted by molar-refractivity contribution is 5.91. The first kappa shape index (κ1) is 14.0. The van der Waals surface area contributed by atoms with Crippen molar-refractivity contribution in [2.45, 2.75) is 13.8 Å². The minimum Gasteiger partial charge on any atom is -0.287 e. The van der Waals surface area contributed by atoms with Crippen molar-refractivity contribution in [3.05, 3.63) is 57.5 Å². The zero-order valence-corrected chi connectivity index (χ0v) is 11.5.